The molecule has 0 heterocycles. The molecule has 0 aliphatic heterocycles. The Bertz CT molecular complexity index is 3010. The number of nitrogens with one attached hydrogen (secondary N) is 7. The van der Waals surface area contributed by atoms with Gasteiger partial charge in [-0.25, -0.2) is 23.4 Å². The molecule has 0 radical (unpaired) electrons. The third kappa shape index (κ3) is 37.2. The van der Waals surface area contributed by atoms with Crippen LogP contribution in [0, 0.1) is 17.8 Å². The third-order valence-corrected chi connectivity index (χ3v) is 16.8. The van der Waals surface area contributed by atoms with Gasteiger partial charge < -0.3 is 75.4 Å². The van der Waals surface area contributed by atoms with Crippen LogP contribution in [-0.2, 0) is 107 Å². The van der Waals surface area contributed by atoms with Crippen molar-refractivity contribution in [3.05, 3.63) is 81.8 Å². The highest BCUT2D eigenvalue weighted by Crippen LogP contribution is 2.36. The number of carboxylic acid groups (broad SMARTS) is 4. The van der Waals surface area contributed by atoms with Crippen molar-refractivity contribution in [3.8, 4) is 0 Å². The van der Waals surface area contributed by atoms with Crippen LogP contribution >= 0.6 is 0 Å². The summed E-state index contributed by atoms with van der Waals surface area (Å²) in [7, 11) is -3.53. The van der Waals surface area contributed by atoms with E-state index in [0.29, 0.717) is 37.8 Å². The SMILES string of the molecule is C=CS(=O)(=O)CCOC(=O)NCCOCCOCCNC(=O)CCC(CC(CC(CC(CCC(=O)O)c1ccc2c(c1)CCc1ccc(C(CCC(=O)O)CCC(=O)O)cc1CC2)C(=O)O)C(=O)NCCC(=O)NNC(=O)OC(C)(C)C)C(=O)NCCOCCOCCNC(C)=O. The highest BCUT2D eigenvalue weighted by Gasteiger charge is 2.34. The van der Waals surface area contributed by atoms with Crippen LogP contribution in [0.15, 0.2) is 48.4 Å². The molecule has 31 heteroatoms. The van der Waals surface area contributed by atoms with E-state index in [1.54, 1.807) is 20.8 Å². The van der Waals surface area contributed by atoms with E-state index in [9.17, 15) is 81.6 Å². The number of hydrogen-bond donors (Lipinski definition) is 11. The summed E-state index contributed by atoms with van der Waals surface area (Å²) in [5, 5.41) is 53.8. The Morgan fingerprint density at radius 3 is 1.46 bits per heavy atom. The maximum atomic E-state index is 14.5. The molecule has 4 atom stereocenters. The van der Waals surface area contributed by atoms with Crippen LogP contribution in [0.5, 0.6) is 0 Å². The maximum Gasteiger partial charge on any atom is 0.426 e. The van der Waals surface area contributed by atoms with E-state index in [2.05, 4.69) is 44.0 Å². The second kappa shape index (κ2) is 45.3. The van der Waals surface area contributed by atoms with Gasteiger partial charge in [-0.2, -0.15) is 0 Å². The normalized spacial score (nSPS) is 13.3. The van der Waals surface area contributed by atoms with Gasteiger partial charge in [0.2, 0.25) is 29.5 Å². The van der Waals surface area contributed by atoms with E-state index in [1.165, 1.54) is 6.92 Å². The number of carbonyl (C=O) groups is 11. The molecule has 0 saturated heterocycles. The van der Waals surface area contributed by atoms with Crippen LogP contribution in [-0.4, -0.2) is 198 Å². The number of amides is 7. The van der Waals surface area contributed by atoms with Crippen molar-refractivity contribution >= 4 is 75.4 Å². The maximum absolute atomic E-state index is 14.5. The summed E-state index contributed by atoms with van der Waals surface area (Å²) in [5.41, 5.74) is 9.10. The zero-order chi connectivity index (χ0) is 71.8. The van der Waals surface area contributed by atoms with Crippen LogP contribution in [0.2, 0.25) is 0 Å². The molecule has 3 rings (SSSR count). The van der Waals surface area contributed by atoms with Crippen molar-refractivity contribution in [1.82, 2.24) is 37.4 Å². The van der Waals surface area contributed by atoms with Gasteiger partial charge in [0.1, 0.15) is 12.2 Å². The Balaban J connectivity index is 1.87. The minimum atomic E-state index is -3.53. The number of aliphatic carboxylic acids is 4. The summed E-state index contributed by atoms with van der Waals surface area (Å²) in [4.78, 5) is 139. The molecule has 0 fully saturated rings. The van der Waals surface area contributed by atoms with Gasteiger partial charge in [-0.05, 0) is 137 Å². The van der Waals surface area contributed by atoms with E-state index >= 15 is 0 Å². The standard InChI is InChI=1S/C66H99N7O23S/c1-6-97(89,90)38-37-95-64(87)71-28-32-94-36-34-92-30-26-68-56(75)19-15-53(61(83)70-27-31-93-35-33-91-29-25-67-44(2)74)42-54(62(84)69-24-23-57(76)72-73-65(88)96-66(3,4)5)43-55(63(85)86)41-52(18-22-60(81)82)51-14-10-46-7-11-48-39-49(12-8-45(48)9-13-50(46)40-51)47(16-20-58(77)78)17-21-59(79)80/h6,8,10,12,14,39-40,47,52-55H,1,7,9,11,13,15-38,41-43H2,2-5H3,(H,67,74)(H,68,75)(H,69,84)(H,70,83)(H,71,87)(H,72,76)(H,73,88)(H,77,78)(H,79,80)(H,81,82)(H,85,86). The lowest BCUT2D eigenvalue weighted by atomic mass is 9.78. The molecule has 2 aromatic rings. The Kier molecular flexibility index (Phi) is 38.7. The first-order chi connectivity index (χ1) is 46.0. The minimum Gasteiger partial charge on any atom is -0.481 e. The van der Waals surface area contributed by atoms with Crippen molar-refractivity contribution in [2.24, 2.45) is 17.8 Å². The van der Waals surface area contributed by atoms with E-state index in [-0.39, 0.29) is 175 Å². The number of alkyl carbamates (subject to hydrolysis) is 1. The first-order valence-electron chi connectivity index (χ1n) is 32.6. The van der Waals surface area contributed by atoms with Crippen molar-refractivity contribution in [1.29, 1.82) is 0 Å². The Labute approximate surface area is 566 Å². The molecule has 11 N–H and O–H groups in total. The number of sulfone groups is 1. The van der Waals surface area contributed by atoms with E-state index in [0.717, 1.165) is 33.2 Å². The molecule has 97 heavy (non-hydrogen) atoms. The summed E-state index contributed by atoms with van der Waals surface area (Å²) in [6, 6.07) is 11.7. The smallest absolute Gasteiger partial charge is 0.426 e. The molecule has 0 bridgehead atoms. The van der Waals surface area contributed by atoms with E-state index in [1.807, 2.05) is 36.4 Å². The Morgan fingerprint density at radius 2 is 0.959 bits per heavy atom. The van der Waals surface area contributed by atoms with Crippen LogP contribution in [0.1, 0.15) is 150 Å². The number of aryl methyl sites for hydroxylation is 4. The van der Waals surface area contributed by atoms with Gasteiger partial charge in [-0.3, -0.25) is 48.6 Å². The van der Waals surface area contributed by atoms with Gasteiger partial charge in [0.05, 0.1) is 64.5 Å². The third-order valence-electron chi connectivity index (χ3n) is 15.6. The molecule has 30 nitrogen and oxygen atoms in total. The molecular formula is C66H99N7O23S. The van der Waals surface area contributed by atoms with Crippen molar-refractivity contribution in [3.63, 3.8) is 0 Å². The highest BCUT2D eigenvalue weighted by molar-refractivity contribution is 7.94. The van der Waals surface area contributed by atoms with Gasteiger partial charge >= 0.3 is 36.1 Å². The Hall–Kier alpha value is -8.26. The molecule has 2 aromatic carbocycles. The fourth-order valence-corrected chi connectivity index (χ4v) is 11.1. The zero-order valence-electron chi connectivity index (χ0n) is 56.0. The molecule has 542 valence electrons. The number of fused-ring (bicyclic) bond motifs is 2. The quantitative estimate of drug-likeness (QED) is 0.0329. The van der Waals surface area contributed by atoms with Crippen molar-refractivity contribution in [2.75, 3.05) is 97.9 Å². The van der Waals surface area contributed by atoms with Gasteiger partial charge in [-0.1, -0.05) is 43.0 Å². The number of carboxylic acids is 4. The average Bonchev–Trinajstić information content (AvgIpc) is 0.818. The molecule has 0 aromatic heterocycles. The number of ether oxygens (including phenoxy) is 6. The first-order valence-corrected chi connectivity index (χ1v) is 34.3. The molecule has 7 amide bonds. The lowest BCUT2D eigenvalue weighted by molar-refractivity contribution is -0.143. The molecule has 1 aliphatic carbocycles. The predicted octanol–water partition coefficient (Wildman–Crippen LogP) is 4.00. The summed E-state index contributed by atoms with van der Waals surface area (Å²) in [6.45, 7) is 10.1. The van der Waals surface area contributed by atoms with Crippen LogP contribution < -0.4 is 37.4 Å². The highest BCUT2D eigenvalue weighted by atomic mass is 32.2. The summed E-state index contributed by atoms with van der Waals surface area (Å²) < 4.78 is 55.0. The summed E-state index contributed by atoms with van der Waals surface area (Å²) >= 11 is 0. The zero-order valence-corrected chi connectivity index (χ0v) is 56.8. The molecule has 4 unspecified atom stereocenters. The lowest BCUT2D eigenvalue weighted by Crippen LogP contribution is -2.45. The topological polar surface area (TPSA) is 442 Å². The van der Waals surface area contributed by atoms with Gasteiger partial charge in [0.25, 0.3) is 0 Å². The van der Waals surface area contributed by atoms with Crippen molar-refractivity contribution < 1.29 is 110 Å². The second-order valence-electron chi connectivity index (χ2n) is 24.3. The number of hydrazine groups is 1. The molecule has 0 spiro atoms. The predicted molar refractivity (Wildman–Crippen MR) is 351 cm³/mol. The number of benzene rings is 2. The summed E-state index contributed by atoms with van der Waals surface area (Å²) in [6.07, 6.45) is -0.869. The summed E-state index contributed by atoms with van der Waals surface area (Å²) in [5.74, 6) is -12.1. The molecule has 1 aliphatic rings. The average molecular weight is 1390 g/mol. The minimum absolute atomic E-state index is 0.0183. The largest absolute Gasteiger partial charge is 0.481 e. The van der Waals surface area contributed by atoms with Crippen LogP contribution in [0.3, 0.4) is 0 Å². The lowest BCUT2D eigenvalue weighted by Gasteiger charge is -2.28. The van der Waals surface area contributed by atoms with Crippen LogP contribution in [0.4, 0.5) is 9.59 Å². The van der Waals surface area contributed by atoms with E-state index in [4.69, 9.17) is 28.4 Å². The fourth-order valence-electron chi connectivity index (χ4n) is 10.6. The fraction of sp³-hybridized carbons (Fsp3) is 0.621. The monoisotopic (exact) mass is 1390 g/mol. The number of hydrogen-bond acceptors (Lipinski definition) is 19. The molecule has 0 saturated carbocycles. The van der Waals surface area contributed by atoms with Gasteiger partial charge in [-0.15, -0.1) is 0 Å². The Morgan fingerprint density at radius 1 is 0.495 bits per heavy atom. The van der Waals surface area contributed by atoms with Crippen LogP contribution in [0.25, 0.3) is 0 Å². The van der Waals surface area contributed by atoms with Crippen molar-refractivity contribution in [2.45, 2.75) is 148 Å². The van der Waals surface area contributed by atoms with E-state index < -0.39 is 105 Å². The first kappa shape index (κ1) is 83.0. The van der Waals surface area contributed by atoms with Gasteiger partial charge in [0, 0.05) is 89.0 Å². The second-order valence-corrected chi connectivity index (χ2v) is 26.4. The number of carbonyl (C=O) groups excluding carboxylic acids is 7. The number of rotatable bonds is 48. The molecular weight excluding hydrogens is 1290 g/mol. The van der Waals surface area contributed by atoms with Gasteiger partial charge in [0.15, 0.2) is 9.84 Å².